The van der Waals surface area contributed by atoms with Crippen LogP contribution in [0.4, 0.5) is 4.39 Å². The van der Waals surface area contributed by atoms with Crippen molar-refractivity contribution in [3.8, 4) is 17.2 Å². The van der Waals surface area contributed by atoms with Crippen LogP contribution >= 0.6 is 11.8 Å². The molecule has 0 atom stereocenters. The first-order valence-electron chi connectivity index (χ1n) is 8.25. The molecule has 0 bridgehead atoms. The van der Waals surface area contributed by atoms with Gasteiger partial charge in [0.25, 0.3) is 5.56 Å². The van der Waals surface area contributed by atoms with Gasteiger partial charge in [0.05, 0.1) is 20.0 Å². The van der Waals surface area contributed by atoms with E-state index in [-0.39, 0.29) is 27.9 Å². The molecular formula is C20H17FN2O4S. The summed E-state index contributed by atoms with van der Waals surface area (Å²) in [7, 11) is 3.01. The summed E-state index contributed by atoms with van der Waals surface area (Å²) in [6.07, 6.45) is 2.96. The highest BCUT2D eigenvalue weighted by atomic mass is 32.2. The highest BCUT2D eigenvalue weighted by Gasteiger charge is 2.14. The van der Waals surface area contributed by atoms with E-state index in [1.165, 1.54) is 55.4 Å². The molecule has 0 fully saturated rings. The van der Waals surface area contributed by atoms with E-state index in [9.17, 15) is 14.0 Å². The van der Waals surface area contributed by atoms with Gasteiger partial charge in [0.15, 0.2) is 22.3 Å². The maximum atomic E-state index is 13.1. The number of rotatable bonds is 7. The van der Waals surface area contributed by atoms with Crippen LogP contribution in [0.5, 0.6) is 11.5 Å². The first-order valence-corrected chi connectivity index (χ1v) is 9.23. The predicted molar refractivity (Wildman–Crippen MR) is 104 cm³/mol. The van der Waals surface area contributed by atoms with Crippen LogP contribution in [0, 0.1) is 5.82 Å². The Morgan fingerprint density at radius 2 is 1.82 bits per heavy atom. The van der Waals surface area contributed by atoms with E-state index < -0.39 is 0 Å². The molecule has 2 aromatic carbocycles. The Bertz CT molecular complexity index is 1050. The SMILES string of the molecule is COc1ccc(C(=O)CSc2nccn(-c3ccc(F)cc3)c2=O)cc1OC. The zero-order valence-electron chi connectivity index (χ0n) is 15.2. The minimum Gasteiger partial charge on any atom is -0.493 e. The Hall–Kier alpha value is -3.13. The van der Waals surface area contributed by atoms with Crippen LogP contribution in [-0.2, 0) is 0 Å². The number of ketones is 1. The zero-order chi connectivity index (χ0) is 20.1. The molecule has 0 aliphatic carbocycles. The lowest BCUT2D eigenvalue weighted by atomic mass is 10.1. The Kier molecular flexibility index (Phi) is 6.10. The predicted octanol–water partition coefficient (Wildman–Crippen LogP) is 3.36. The summed E-state index contributed by atoms with van der Waals surface area (Å²) in [4.78, 5) is 29.2. The fourth-order valence-electron chi connectivity index (χ4n) is 2.52. The van der Waals surface area contributed by atoms with Gasteiger partial charge in [0.1, 0.15) is 5.82 Å². The van der Waals surface area contributed by atoms with Gasteiger partial charge in [-0.25, -0.2) is 9.37 Å². The smallest absolute Gasteiger partial charge is 0.287 e. The van der Waals surface area contributed by atoms with E-state index in [0.29, 0.717) is 22.7 Å². The molecule has 0 aliphatic heterocycles. The molecule has 3 rings (SSSR count). The van der Waals surface area contributed by atoms with Gasteiger partial charge in [-0.2, -0.15) is 0 Å². The number of hydrogen-bond donors (Lipinski definition) is 0. The summed E-state index contributed by atoms with van der Waals surface area (Å²) in [5.41, 5.74) is 0.584. The molecule has 8 heteroatoms. The van der Waals surface area contributed by atoms with Gasteiger partial charge in [-0.15, -0.1) is 0 Å². The Labute approximate surface area is 164 Å². The van der Waals surface area contributed by atoms with Gasteiger partial charge in [-0.3, -0.25) is 14.2 Å². The lowest BCUT2D eigenvalue weighted by molar-refractivity contribution is 0.102. The standard InChI is InChI=1S/C20H17FN2O4S/c1-26-17-8-3-13(11-18(17)27-2)16(24)12-28-19-20(25)23(10-9-22-19)15-6-4-14(21)5-7-15/h3-11H,12H2,1-2H3. The van der Waals surface area contributed by atoms with Crippen molar-refractivity contribution in [2.45, 2.75) is 5.03 Å². The van der Waals surface area contributed by atoms with Crippen LogP contribution in [0.3, 0.4) is 0 Å². The third kappa shape index (κ3) is 4.23. The maximum absolute atomic E-state index is 13.1. The van der Waals surface area contributed by atoms with Crippen LogP contribution in [0.1, 0.15) is 10.4 Å². The topological polar surface area (TPSA) is 70.4 Å². The van der Waals surface area contributed by atoms with Crippen molar-refractivity contribution in [3.63, 3.8) is 0 Å². The van der Waals surface area contributed by atoms with Crippen LogP contribution in [-0.4, -0.2) is 35.3 Å². The molecule has 1 heterocycles. The number of aromatic nitrogens is 2. The average Bonchev–Trinajstić information content (AvgIpc) is 2.73. The quantitative estimate of drug-likeness (QED) is 0.447. The molecule has 0 amide bonds. The number of Topliss-reactive ketones (excluding diaryl/α,β-unsaturated/α-hetero) is 1. The van der Waals surface area contributed by atoms with Crippen molar-refractivity contribution < 1.29 is 18.7 Å². The number of carbonyl (C=O) groups is 1. The average molecular weight is 400 g/mol. The van der Waals surface area contributed by atoms with Crippen molar-refractivity contribution >= 4 is 17.5 Å². The Morgan fingerprint density at radius 3 is 2.50 bits per heavy atom. The van der Waals surface area contributed by atoms with Crippen LogP contribution < -0.4 is 15.0 Å². The van der Waals surface area contributed by atoms with Gasteiger partial charge in [0, 0.05) is 23.6 Å². The summed E-state index contributed by atoms with van der Waals surface area (Å²) in [6.45, 7) is 0. The number of methoxy groups -OCH3 is 2. The van der Waals surface area contributed by atoms with E-state index in [2.05, 4.69) is 4.98 Å². The molecule has 28 heavy (non-hydrogen) atoms. The monoisotopic (exact) mass is 400 g/mol. The van der Waals surface area contributed by atoms with E-state index >= 15 is 0 Å². The van der Waals surface area contributed by atoms with E-state index in [1.807, 2.05) is 0 Å². The molecule has 0 radical (unpaired) electrons. The molecule has 0 saturated carbocycles. The third-order valence-electron chi connectivity index (χ3n) is 3.96. The second-order valence-corrected chi connectivity index (χ2v) is 6.63. The summed E-state index contributed by atoms with van der Waals surface area (Å²) in [5, 5.41) is 0.181. The summed E-state index contributed by atoms with van der Waals surface area (Å²) < 4.78 is 24.8. The first kappa shape index (κ1) is 19.6. The highest BCUT2D eigenvalue weighted by molar-refractivity contribution is 7.99. The van der Waals surface area contributed by atoms with Crippen LogP contribution in [0.15, 0.2) is 64.7 Å². The van der Waals surface area contributed by atoms with Gasteiger partial charge in [-0.1, -0.05) is 11.8 Å². The minimum atomic E-state index is -0.388. The fourth-order valence-corrected chi connectivity index (χ4v) is 3.32. The van der Waals surface area contributed by atoms with Gasteiger partial charge in [-0.05, 0) is 42.5 Å². The molecule has 0 unspecified atom stereocenters. The maximum Gasteiger partial charge on any atom is 0.287 e. The van der Waals surface area contributed by atoms with Crippen LogP contribution in [0.25, 0.3) is 5.69 Å². The lowest BCUT2D eigenvalue weighted by Crippen LogP contribution is -2.21. The molecule has 144 valence electrons. The molecule has 0 spiro atoms. The highest BCUT2D eigenvalue weighted by Crippen LogP contribution is 2.28. The Morgan fingerprint density at radius 1 is 1.11 bits per heavy atom. The number of nitrogens with zero attached hydrogens (tertiary/aromatic N) is 2. The second kappa shape index (κ2) is 8.71. The third-order valence-corrected chi connectivity index (χ3v) is 4.92. The van der Waals surface area contributed by atoms with Crippen molar-refractivity contribution in [1.82, 2.24) is 9.55 Å². The summed E-state index contributed by atoms with van der Waals surface area (Å²) in [6, 6.07) is 10.4. The van der Waals surface area contributed by atoms with Crippen molar-refractivity contribution in [3.05, 3.63) is 76.6 Å². The molecule has 3 aromatic rings. The summed E-state index contributed by atoms with van der Waals surface area (Å²) >= 11 is 1.05. The molecule has 0 aliphatic rings. The minimum absolute atomic E-state index is 0.0329. The zero-order valence-corrected chi connectivity index (χ0v) is 16.0. The number of halogens is 1. The Balaban J connectivity index is 1.78. The number of thioether (sulfide) groups is 1. The molecule has 6 nitrogen and oxygen atoms in total. The number of carbonyl (C=O) groups excluding carboxylic acids is 1. The lowest BCUT2D eigenvalue weighted by Gasteiger charge is -2.09. The molecule has 1 aromatic heterocycles. The van der Waals surface area contributed by atoms with Gasteiger partial charge in [0.2, 0.25) is 0 Å². The van der Waals surface area contributed by atoms with Crippen LogP contribution in [0.2, 0.25) is 0 Å². The van der Waals surface area contributed by atoms with Gasteiger partial charge < -0.3 is 9.47 Å². The van der Waals surface area contributed by atoms with E-state index in [0.717, 1.165) is 11.8 Å². The van der Waals surface area contributed by atoms with Crippen molar-refractivity contribution in [2.75, 3.05) is 20.0 Å². The van der Waals surface area contributed by atoms with Crippen molar-refractivity contribution in [1.29, 1.82) is 0 Å². The molecule has 0 saturated heterocycles. The largest absolute Gasteiger partial charge is 0.493 e. The number of benzene rings is 2. The fraction of sp³-hybridized carbons (Fsp3) is 0.150. The van der Waals surface area contributed by atoms with E-state index in [1.54, 1.807) is 18.2 Å². The molecule has 0 N–H and O–H groups in total. The summed E-state index contributed by atoms with van der Waals surface area (Å²) in [5.74, 6) is 0.448. The van der Waals surface area contributed by atoms with Gasteiger partial charge >= 0.3 is 0 Å². The second-order valence-electron chi connectivity index (χ2n) is 5.67. The van der Waals surface area contributed by atoms with E-state index in [4.69, 9.17) is 9.47 Å². The normalized spacial score (nSPS) is 10.5. The molecular weight excluding hydrogens is 383 g/mol. The number of hydrogen-bond acceptors (Lipinski definition) is 6. The first-order chi connectivity index (χ1) is 13.5. The number of ether oxygens (including phenoxy) is 2. The van der Waals surface area contributed by atoms with Crippen molar-refractivity contribution in [2.24, 2.45) is 0 Å².